The number of aryl methyl sites for hydroxylation is 1. The molecule has 0 aliphatic rings. The van der Waals surface area contributed by atoms with Gasteiger partial charge in [-0.3, -0.25) is 9.59 Å². The summed E-state index contributed by atoms with van der Waals surface area (Å²) in [5, 5.41) is 3.48. The van der Waals surface area contributed by atoms with Gasteiger partial charge >= 0.3 is 0 Å². The molecule has 0 saturated heterocycles. The van der Waals surface area contributed by atoms with Crippen molar-refractivity contribution < 1.29 is 13.9 Å². The smallest absolute Gasteiger partial charge is 0.261 e. The van der Waals surface area contributed by atoms with Crippen LogP contribution in [0.15, 0.2) is 47.3 Å². The Bertz CT molecular complexity index is 1040. The van der Waals surface area contributed by atoms with Crippen molar-refractivity contribution in [3.05, 3.63) is 75.3 Å². The number of benzene rings is 2. The lowest BCUT2D eigenvalue weighted by Crippen LogP contribution is -2.31. The Morgan fingerprint density at radius 1 is 1.18 bits per heavy atom. The lowest BCUT2D eigenvalue weighted by Gasteiger charge is -2.12. The average Bonchev–Trinajstić information content (AvgIpc) is 2.68. The van der Waals surface area contributed by atoms with Crippen LogP contribution in [0, 0.1) is 12.7 Å². The molecule has 0 aliphatic carbocycles. The molecular weight excluding hydrogens is 359 g/mol. The van der Waals surface area contributed by atoms with Crippen LogP contribution in [-0.4, -0.2) is 24.0 Å². The van der Waals surface area contributed by atoms with E-state index in [1.54, 1.807) is 18.2 Å². The van der Waals surface area contributed by atoms with Gasteiger partial charge < -0.3 is 15.0 Å². The molecule has 1 amide bonds. The number of halogens is 1. The second kappa shape index (κ2) is 8.69. The van der Waals surface area contributed by atoms with Crippen molar-refractivity contribution in [1.29, 1.82) is 0 Å². The number of ether oxygens (including phenoxy) is 1. The highest BCUT2D eigenvalue weighted by atomic mass is 19.1. The molecule has 0 atom stereocenters. The number of carbonyl (C=O) groups is 1. The lowest BCUT2D eigenvalue weighted by molar-refractivity contribution is 0.0953. The molecule has 0 unspecified atom stereocenters. The van der Waals surface area contributed by atoms with Crippen LogP contribution in [0.2, 0.25) is 0 Å². The van der Waals surface area contributed by atoms with Gasteiger partial charge in [-0.05, 0) is 49.1 Å². The molecule has 0 aliphatic heterocycles. The molecule has 2 N–H and O–H groups in total. The summed E-state index contributed by atoms with van der Waals surface area (Å²) in [5.74, 6) is -0.102. The Morgan fingerprint density at radius 3 is 2.64 bits per heavy atom. The number of H-pyrrole nitrogens is 1. The molecule has 1 heterocycles. The molecule has 146 valence electrons. The van der Waals surface area contributed by atoms with Gasteiger partial charge in [-0.1, -0.05) is 31.2 Å². The first kappa shape index (κ1) is 19.6. The molecule has 0 radical (unpaired) electrons. The molecule has 1 aromatic heterocycles. The van der Waals surface area contributed by atoms with Crippen molar-refractivity contribution in [2.75, 3.05) is 13.2 Å². The summed E-state index contributed by atoms with van der Waals surface area (Å²) < 4.78 is 18.7. The Balaban J connectivity index is 1.77. The Labute approximate surface area is 162 Å². The van der Waals surface area contributed by atoms with E-state index in [-0.39, 0.29) is 11.4 Å². The van der Waals surface area contributed by atoms with E-state index in [1.807, 2.05) is 26.0 Å². The van der Waals surface area contributed by atoms with E-state index in [1.165, 1.54) is 12.1 Å². The van der Waals surface area contributed by atoms with E-state index >= 15 is 0 Å². The molecule has 3 aromatic rings. The van der Waals surface area contributed by atoms with Crippen LogP contribution in [-0.2, 0) is 6.42 Å². The zero-order valence-electron chi connectivity index (χ0n) is 16.0. The fourth-order valence-electron chi connectivity index (χ4n) is 2.98. The lowest BCUT2D eigenvalue weighted by atomic mass is 10.1. The fraction of sp³-hybridized carbons (Fsp3) is 0.273. The highest BCUT2D eigenvalue weighted by Crippen LogP contribution is 2.27. The molecule has 0 bridgehead atoms. The number of nitrogens with one attached hydrogen (secondary N) is 2. The number of aromatic amines is 1. The molecule has 0 saturated carbocycles. The number of fused-ring (bicyclic) bond motifs is 1. The van der Waals surface area contributed by atoms with Gasteiger partial charge in [0.2, 0.25) is 0 Å². The first-order valence-electron chi connectivity index (χ1n) is 9.31. The summed E-state index contributed by atoms with van der Waals surface area (Å²) >= 11 is 0. The number of carbonyl (C=O) groups excluding carboxylic acids is 1. The number of amides is 1. The van der Waals surface area contributed by atoms with Crippen LogP contribution in [0.25, 0.3) is 10.9 Å². The topological polar surface area (TPSA) is 71.2 Å². The van der Waals surface area contributed by atoms with Crippen LogP contribution in [0.4, 0.5) is 4.39 Å². The second-order valence-electron chi connectivity index (χ2n) is 6.67. The van der Waals surface area contributed by atoms with Crippen LogP contribution in [0.3, 0.4) is 0 Å². The largest absolute Gasteiger partial charge is 0.491 e. The number of aromatic nitrogens is 1. The Kier molecular flexibility index (Phi) is 6.09. The van der Waals surface area contributed by atoms with E-state index in [0.717, 1.165) is 22.9 Å². The van der Waals surface area contributed by atoms with Gasteiger partial charge in [-0.15, -0.1) is 0 Å². The van der Waals surface area contributed by atoms with Crippen molar-refractivity contribution in [3.8, 4) is 5.75 Å². The molecule has 28 heavy (non-hydrogen) atoms. The standard InChI is InChI=1S/C22H23FN2O3/c1-3-12-28-20-14(2)4-7-16-13-18(22(27)25-19(16)20)21(26)24-11-10-15-5-8-17(23)9-6-15/h4-9,13H,3,10-12H2,1-2H3,(H,24,26)(H,25,27). The third-order valence-electron chi connectivity index (χ3n) is 4.48. The summed E-state index contributed by atoms with van der Waals surface area (Å²) in [6.45, 7) is 4.82. The van der Waals surface area contributed by atoms with Gasteiger partial charge in [0.1, 0.15) is 17.1 Å². The number of hydrogen-bond acceptors (Lipinski definition) is 3. The number of rotatable bonds is 7. The Morgan fingerprint density at radius 2 is 1.93 bits per heavy atom. The summed E-state index contributed by atoms with van der Waals surface area (Å²) in [7, 11) is 0. The summed E-state index contributed by atoms with van der Waals surface area (Å²) in [4.78, 5) is 27.7. The number of pyridine rings is 1. The van der Waals surface area contributed by atoms with Gasteiger partial charge in [-0.25, -0.2) is 4.39 Å². The molecule has 2 aromatic carbocycles. The summed E-state index contributed by atoms with van der Waals surface area (Å²) in [6, 6.07) is 11.4. The molecule has 6 heteroatoms. The fourth-order valence-corrected chi connectivity index (χ4v) is 2.98. The predicted octanol–water partition coefficient (Wildman–Crippen LogP) is 3.74. The van der Waals surface area contributed by atoms with Crippen LogP contribution in [0.1, 0.15) is 34.8 Å². The van der Waals surface area contributed by atoms with Crippen molar-refractivity contribution in [2.24, 2.45) is 0 Å². The maximum Gasteiger partial charge on any atom is 0.261 e. The van der Waals surface area contributed by atoms with Crippen LogP contribution < -0.4 is 15.6 Å². The second-order valence-corrected chi connectivity index (χ2v) is 6.67. The van der Waals surface area contributed by atoms with Crippen LogP contribution in [0.5, 0.6) is 5.75 Å². The van der Waals surface area contributed by atoms with E-state index in [9.17, 15) is 14.0 Å². The van der Waals surface area contributed by atoms with E-state index in [0.29, 0.717) is 30.8 Å². The van der Waals surface area contributed by atoms with Gasteiger partial charge in [0, 0.05) is 11.9 Å². The van der Waals surface area contributed by atoms with Crippen molar-refractivity contribution >= 4 is 16.8 Å². The van der Waals surface area contributed by atoms with Crippen molar-refractivity contribution in [1.82, 2.24) is 10.3 Å². The normalized spacial score (nSPS) is 10.8. The highest BCUT2D eigenvalue weighted by molar-refractivity contribution is 5.98. The maximum absolute atomic E-state index is 12.9. The van der Waals surface area contributed by atoms with Crippen molar-refractivity contribution in [2.45, 2.75) is 26.7 Å². The monoisotopic (exact) mass is 382 g/mol. The van der Waals surface area contributed by atoms with E-state index in [4.69, 9.17) is 4.74 Å². The van der Waals surface area contributed by atoms with E-state index in [2.05, 4.69) is 10.3 Å². The average molecular weight is 382 g/mol. The zero-order chi connectivity index (χ0) is 20.1. The molecular formula is C22H23FN2O3. The van der Waals surface area contributed by atoms with Gasteiger partial charge in [0.25, 0.3) is 11.5 Å². The zero-order valence-corrected chi connectivity index (χ0v) is 16.0. The SMILES string of the molecule is CCCOc1c(C)ccc2cc(C(=O)NCCc3ccc(F)cc3)c(=O)[nH]c12. The molecule has 0 spiro atoms. The van der Waals surface area contributed by atoms with Crippen molar-refractivity contribution in [3.63, 3.8) is 0 Å². The predicted molar refractivity (Wildman–Crippen MR) is 108 cm³/mol. The maximum atomic E-state index is 12.9. The Hall–Kier alpha value is -3.15. The first-order valence-corrected chi connectivity index (χ1v) is 9.31. The van der Waals surface area contributed by atoms with Gasteiger partial charge in [-0.2, -0.15) is 0 Å². The number of hydrogen-bond donors (Lipinski definition) is 2. The third kappa shape index (κ3) is 4.39. The highest BCUT2D eigenvalue weighted by Gasteiger charge is 2.14. The summed E-state index contributed by atoms with van der Waals surface area (Å²) in [5.41, 5.74) is 2.02. The quantitative estimate of drug-likeness (QED) is 0.654. The van der Waals surface area contributed by atoms with Gasteiger partial charge in [0.05, 0.1) is 12.1 Å². The first-order chi connectivity index (χ1) is 13.5. The molecule has 0 fully saturated rings. The molecule has 3 rings (SSSR count). The van der Waals surface area contributed by atoms with Gasteiger partial charge in [0.15, 0.2) is 0 Å². The molecule has 5 nitrogen and oxygen atoms in total. The van der Waals surface area contributed by atoms with Crippen LogP contribution >= 0.6 is 0 Å². The third-order valence-corrected chi connectivity index (χ3v) is 4.48. The summed E-state index contributed by atoms with van der Waals surface area (Å²) in [6.07, 6.45) is 1.40. The minimum atomic E-state index is -0.460. The minimum absolute atomic E-state index is 0.0527. The minimum Gasteiger partial charge on any atom is -0.491 e. The van der Waals surface area contributed by atoms with E-state index < -0.39 is 11.5 Å².